The molecule has 1 atom stereocenters. The maximum atomic E-state index is 4.72. The Labute approximate surface area is 115 Å². The van der Waals surface area contributed by atoms with Crippen molar-refractivity contribution in [2.45, 2.75) is 33.7 Å². The third-order valence-electron chi connectivity index (χ3n) is 3.64. The van der Waals surface area contributed by atoms with Crippen molar-refractivity contribution in [1.29, 1.82) is 0 Å². The van der Waals surface area contributed by atoms with Gasteiger partial charge in [0.05, 0.1) is 11.0 Å². The molecule has 0 N–H and O–H groups in total. The van der Waals surface area contributed by atoms with Crippen molar-refractivity contribution < 1.29 is 0 Å². The summed E-state index contributed by atoms with van der Waals surface area (Å²) in [5, 5.41) is 0. The highest BCUT2D eigenvalue weighted by atomic mass is 32.1. The van der Waals surface area contributed by atoms with E-state index in [9.17, 15) is 0 Å². The first-order valence-electron chi connectivity index (χ1n) is 6.72. The van der Waals surface area contributed by atoms with Crippen LogP contribution in [0.2, 0.25) is 0 Å². The molecule has 2 rings (SSSR count). The zero-order chi connectivity index (χ0) is 13.1. The summed E-state index contributed by atoms with van der Waals surface area (Å²) >= 11 is 4.49. The SMILES string of the molecule is CCc1nc2ccccc2n1CC(CS)C(C)C. The Bertz CT molecular complexity index is 516. The van der Waals surface area contributed by atoms with Gasteiger partial charge in [0.2, 0.25) is 0 Å². The van der Waals surface area contributed by atoms with Crippen LogP contribution in [0.15, 0.2) is 24.3 Å². The van der Waals surface area contributed by atoms with Gasteiger partial charge in [-0.05, 0) is 29.7 Å². The lowest BCUT2D eigenvalue weighted by Crippen LogP contribution is -2.19. The minimum atomic E-state index is 0.594. The van der Waals surface area contributed by atoms with Crippen LogP contribution in [-0.2, 0) is 13.0 Å². The van der Waals surface area contributed by atoms with Gasteiger partial charge >= 0.3 is 0 Å². The Morgan fingerprint density at radius 2 is 2.00 bits per heavy atom. The number of benzene rings is 1. The second kappa shape index (κ2) is 5.79. The zero-order valence-corrected chi connectivity index (χ0v) is 12.3. The van der Waals surface area contributed by atoms with Crippen molar-refractivity contribution in [3.05, 3.63) is 30.1 Å². The van der Waals surface area contributed by atoms with Crippen molar-refractivity contribution in [2.75, 3.05) is 5.75 Å². The molecule has 1 unspecified atom stereocenters. The molecular formula is C15H22N2S. The molecule has 18 heavy (non-hydrogen) atoms. The van der Waals surface area contributed by atoms with Crippen LogP contribution >= 0.6 is 12.6 Å². The highest BCUT2D eigenvalue weighted by Crippen LogP contribution is 2.22. The van der Waals surface area contributed by atoms with Gasteiger partial charge < -0.3 is 4.57 Å². The monoisotopic (exact) mass is 262 g/mol. The minimum Gasteiger partial charge on any atom is -0.328 e. The molecule has 0 aliphatic carbocycles. The second-order valence-electron chi connectivity index (χ2n) is 5.17. The number of nitrogens with zero attached hydrogens (tertiary/aromatic N) is 2. The molecular weight excluding hydrogens is 240 g/mol. The number of para-hydroxylation sites is 2. The van der Waals surface area contributed by atoms with E-state index in [1.165, 1.54) is 11.3 Å². The topological polar surface area (TPSA) is 17.8 Å². The van der Waals surface area contributed by atoms with Gasteiger partial charge in [-0.1, -0.05) is 32.9 Å². The summed E-state index contributed by atoms with van der Waals surface area (Å²) in [6.07, 6.45) is 0.978. The first-order chi connectivity index (χ1) is 8.67. The van der Waals surface area contributed by atoms with Crippen molar-refractivity contribution in [2.24, 2.45) is 11.8 Å². The molecule has 3 heteroatoms. The summed E-state index contributed by atoms with van der Waals surface area (Å²) in [5.74, 6) is 3.35. The van der Waals surface area contributed by atoms with Crippen molar-refractivity contribution >= 4 is 23.7 Å². The van der Waals surface area contributed by atoms with Gasteiger partial charge in [-0.2, -0.15) is 12.6 Å². The molecule has 0 spiro atoms. The summed E-state index contributed by atoms with van der Waals surface area (Å²) in [4.78, 5) is 4.72. The summed E-state index contributed by atoms with van der Waals surface area (Å²) < 4.78 is 2.37. The normalized spacial score (nSPS) is 13.4. The number of rotatable bonds is 5. The Morgan fingerprint density at radius 1 is 1.28 bits per heavy atom. The van der Waals surface area contributed by atoms with Gasteiger partial charge in [0.15, 0.2) is 0 Å². The Hall–Kier alpha value is -0.960. The van der Waals surface area contributed by atoms with Gasteiger partial charge in [-0.15, -0.1) is 0 Å². The third kappa shape index (κ3) is 2.56. The van der Waals surface area contributed by atoms with E-state index >= 15 is 0 Å². The van der Waals surface area contributed by atoms with E-state index in [0.29, 0.717) is 11.8 Å². The lowest BCUT2D eigenvalue weighted by atomic mass is 9.97. The molecule has 2 nitrogen and oxygen atoms in total. The van der Waals surface area contributed by atoms with Crippen molar-refractivity contribution in [3.8, 4) is 0 Å². The molecule has 2 aromatic rings. The number of hydrogen-bond donors (Lipinski definition) is 1. The molecule has 0 radical (unpaired) electrons. The number of aromatic nitrogens is 2. The van der Waals surface area contributed by atoms with E-state index in [4.69, 9.17) is 4.98 Å². The quantitative estimate of drug-likeness (QED) is 0.811. The van der Waals surface area contributed by atoms with Gasteiger partial charge in [0, 0.05) is 13.0 Å². The highest BCUT2D eigenvalue weighted by Gasteiger charge is 2.16. The van der Waals surface area contributed by atoms with Crippen LogP contribution in [-0.4, -0.2) is 15.3 Å². The van der Waals surface area contributed by atoms with E-state index in [1.807, 2.05) is 0 Å². The average molecular weight is 262 g/mol. The number of thiol groups is 1. The number of aryl methyl sites for hydroxylation is 1. The summed E-state index contributed by atoms with van der Waals surface area (Å²) in [6, 6.07) is 8.40. The van der Waals surface area contributed by atoms with Gasteiger partial charge in [-0.3, -0.25) is 0 Å². The van der Waals surface area contributed by atoms with Crippen LogP contribution < -0.4 is 0 Å². The molecule has 98 valence electrons. The Morgan fingerprint density at radius 3 is 2.61 bits per heavy atom. The predicted octanol–water partition coefficient (Wildman–Crippen LogP) is 3.80. The molecule has 0 aliphatic rings. The van der Waals surface area contributed by atoms with Crippen LogP contribution in [0.25, 0.3) is 11.0 Å². The standard InChI is InChI=1S/C15H22N2S/c1-4-15-16-13-7-5-6-8-14(13)17(15)9-12(10-18)11(2)3/h5-8,11-12,18H,4,9-10H2,1-3H3. The minimum absolute atomic E-state index is 0.594. The third-order valence-corrected chi connectivity index (χ3v) is 4.11. The molecule has 0 amide bonds. The van der Waals surface area contributed by atoms with Crippen LogP contribution in [0.3, 0.4) is 0 Å². The first kappa shape index (κ1) is 13.5. The van der Waals surface area contributed by atoms with E-state index in [0.717, 1.165) is 24.2 Å². The smallest absolute Gasteiger partial charge is 0.109 e. The average Bonchev–Trinajstić information content (AvgIpc) is 2.73. The maximum absolute atomic E-state index is 4.72. The predicted molar refractivity (Wildman–Crippen MR) is 81.3 cm³/mol. The number of fused-ring (bicyclic) bond motifs is 1. The second-order valence-corrected chi connectivity index (χ2v) is 5.53. The van der Waals surface area contributed by atoms with Gasteiger partial charge in [0.25, 0.3) is 0 Å². The van der Waals surface area contributed by atoms with Crippen LogP contribution in [0.5, 0.6) is 0 Å². The molecule has 0 saturated carbocycles. The maximum Gasteiger partial charge on any atom is 0.109 e. The van der Waals surface area contributed by atoms with Gasteiger partial charge in [0.1, 0.15) is 5.82 Å². The Balaban J connectivity index is 2.41. The molecule has 0 aliphatic heterocycles. The van der Waals surface area contributed by atoms with Crippen LogP contribution in [0.1, 0.15) is 26.6 Å². The van der Waals surface area contributed by atoms with Crippen molar-refractivity contribution in [1.82, 2.24) is 9.55 Å². The first-order valence-corrected chi connectivity index (χ1v) is 7.35. The summed E-state index contributed by atoms with van der Waals surface area (Å²) in [5.41, 5.74) is 2.36. The number of imidazole rings is 1. The largest absolute Gasteiger partial charge is 0.328 e. The highest BCUT2D eigenvalue weighted by molar-refractivity contribution is 7.80. The Kier molecular flexibility index (Phi) is 4.33. The van der Waals surface area contributed by atoms with Crippen molar-refractivity contribution in [3.63, 3.8) is 0 Å². The fourth-order valence-electron chi connectivity index (χ4n) is 2.31. The zero-order valence-electron chi connectivity index (χ0n) is 11.4. The van der Waals surface area contributed by atoms with Crippen LogP contribution in [0, 0.1) is 11.8 Å². The summed E-state index contributed by atoms with van der Waals surface area (Å²) in [7, 11) is 0. The fourth-order valence-corrected chi connectivity index (χ4v) is 2.85. The van der Waals surface area contributed by atoms with E-state index in [-0.39, 0.29) is 0 Å². The molecule has 1 heterocycles. The molecule has 1 aromatic heterocycles. The fraction of sp³-hybridized carbons (Fsp3) is 0.533. The molecule has 1 aromatic carbocycles. The number of hydrogen-bond acceptors (Lipinski definition) is 2. The summed E-state index contributed by atoms with van der Waals surface area (Å²) in [6.45, 7) is 7.73. The lowest BCUT2D eigenvalue weighted by Gasteiger charge is -2.20. The molecule has 0 saturated heterocycles. The van der Waals surface area contributed by atoms with E-state index < -0.39 is 0 Å². The lowest BCUT2D eigenvalue weighted by molar-refractivity contribution is 0.372. The molecule has 0 fully saturated rings. The van der Waals surface area contributed by atoms with E-state index in [2.05, 4.69) is 62.2 Å². The van der Waals surface area contributed by atoms with Crippen LogP contribution in [0.4, 0.5) is 0 Å². The van der Waals surface area contributed by atoms with Gasteiger partial charge in [-0.25, -0.2) is 4.98 Å². The molecule has 0 bridgehead atoms. The van der Waals surface area contributed by atoms with E-state index in [1.54, 1.807) is 0 Å².